The van der Waals surface area contributed by atoms with E-state index in [-0.39, 0.29) is 5.63 Å². The summed E-state index contributed by atoms with van der Waals surface area (Å²) in [7, 11) is 0. The molecule has 1 heterocycles. The van der Waals surface area contributed by atoms with Gasteiger partial charge in [-0.15, -0.1) is 0 Å². The number of fused-ring (bicyclic) bond motifs is 1. The number of hydrogen-bond donors (Lipinski definition) is 0. The van der Waals surface area contributed by atoms with Gasteiger partial charge in [-0.3, -0.25) is 0 Å². The minimum absolute atomic E-state index is 0.234. The maximum atomic E-state index is 12.1. The zero-order chi connectivity index (χ0) is 18.9. The molecule has 0 bridgehead atoms. The van der Waals surface area contributed by atoms with Gasteiger partial charge in [-0.25, -0.2) is 4.79 Å². The van der Waals surface area contributed by atoms with Crippen LogP contribution in [0.15, 0.2) is 68.9 Å². The molecule has 1 aromatic carbocycles. The zero-order valence-electron chi connectivity index (χ0n) is 16.5. The highest BCUT2D eigenvalue weighted by Crippen LogP contribution is 2.15. The molecule has 26 heavy (non-hydrogen) atoms. The number of benzene rings is 1. The largest absolute Gasteiger partial charge is 0.423 e. The van der Waals surface area contributed by atoms with Gasteiger partial charge in [0, 0.05) is 10.9 Å². The summed E-state index contributed by atoms with van der Waals surface area (Å²) < 4.78 is 5.43. The Balaban J connectivity index is 1.84. The topological polar surface area (TPSA) is 30.2 Å². The third kappa shape index (κ3) is 6.51. The van der Waals surface area contributed by atoms with Crippen LogP contribution in [0.3, 0.4) is 0 Å². The van der Waals surface area contributed by atoms with Crippen LogP contribution >= 0.6 is 0 Å². The van der Waals surface area contributed by atoms with Crippen LogP contribution in [-0.4, -0.2) is 0 Å². The Morgan fingerprint density at radius 3 is 2.58 bits per heavy atom. The van der Waals surface area contributed by atoms with Gasteiger partial charge in [0.05, 0.1) is 0 Å². The van der Waals surface area contributed by atoms with Crippen molar-refractivity contribution in [2.24, 2.45) is 0 Å². The van der Waals surface area contributed by atoms with E-state index in [2.05, 4.69) is 45.1 Å². The second kappa shape index (κ2) is 9.96. The van der Waals surface area contributed by atoms with Crippen molar-refractivity contribution in [2.75, 3.05) is 0 Å². The van der Waals surface area contributed by atoms with Gasteiger partial charge in [-0.2, -0.15) is 0 Å². The van der Waals surface area contributed by atoms with Gasteiger partial charge >= 0.3 is 5.63 Å². The summed E-state index contributed by atoms with van der Waals surface area (Å²) in [6.07, 6.45) is 13.7. The van der Waals surface area contributed by atoms with Crippen LogP contribution in [0.5, 0.6) is 0 Å². The fourth-order valence-electron chi connectivity index (χ4n) is 2.85. The van der Waals surface area contributed by atoms with Crippen molar-refractivity contribution in [1.82, 2.24) is 0 Å². The minimum Gasteiger partial charge on any atom is -0.423 e. The summed E-state index contributed by atoms with van der Waals surface area (Å²) in [5, 5.41) is 0.980. The van der Waals surface area contributed by atoms with Crippen molar-refractivity contribution in [3.05, 3.63) is 81.3 Å². The van der Waals surface area contributed by atoms with Crippen molar-refractivity contribution in [1.29, 1.82) is 0 Å². The third-order valence-electron chi connectivity index (χ3n) is 4.39. The average Bonchev–Trinajstić information content (AvgIpc) is 2.58. The van der Waals surface area contributed by atoms with Crippen molar-refractivity contribution >= 4 is 11.0 Å². The van der Waals surface area contributed by atoms with E-state index in [1.807, 2.05) is 31.2 Å². The van der Waals surface area contributed by atoms with E-state index in [4.69, 9.17) is 4.42 Å². The summed E-state index contributed by atoms with van der Waals surface area (Å²) >= 11 is 0. The Kier molecular flexibility index (Phi) is 7.65. The Morgan fingerprint density at radius 1 is 1.00 bits per heavy atom. The van der Waals surface area contributed by atoms with Gasteiger partial charge in [0.25, 0.3) is 0 Å². The van der Waals surface area contributed by atoms with E-state index in [9.17, 15) is 4.79 Å². The SMILES string of the molecule is CC(C)=CCC/C(C)=C\CC/C=C/Cc1cc2ccc(C)cc2oc1=O. The minimum atomic E-state index is -0.234. The second-order valence-corrected chi connectivity index (χ2v) is 7.22. The molecule has 0 spiro atoms. The van der Waals surface area contributed by atoms with E-state index in [0.29, 0.717) is 17.6 Å². The van der Waals surface area contributed by atoms with E-state index in [1.165, 1.54) is 11.1 Å². The number of allylic oxidation sites excluding steroid dienone is 6. The fourth-order valence-corrected chi connectivity index (χ4v) is 2.85. The van der Waals surface area contributed by atoms with Crippen molar-refractivity contribution in [3.63, 3.8) is 0 Å². The molecule has 2 rings (SSSR count). The van der Waals surface area contributed by atoms with Crippen LogP contribution in [0.4, 0.5) is 0 Å². The molecular weight excluding hydrogens is 320 g/mol. The Labute approximate surface area is 156 Å². The molecule has 0 saturated heterocycles. The molecule has 0 saturated carbocycles. The molecule has 2 aromatic rings. The molecule has 0 aliphatic rings. The Bertz CT molecular complexity index is 875. The van der Waals surface area contributed by atoms with Crippen LogP contribution in [0.2, 0.25) is 0 Å². The third-order valence-corrected chi connectivity index (χ3v) is 4.39. The quantitative estimate of drug-likeness (QED) is 0.302. The van der Waals surface area contributed by atoms with Gasteiger partial charge in [0.15, 0.2) is 0 Å². The smallest absolute Gasteiger partial charge is 0.339 e. The Hall–Kier alpha value is -2.35. The van der Waals surface area contributed by atoms with Crippen LogP contribution in [0.25, 0.3) is 11.0 Å². The number of aryl methyl sites for hydroxylation is 1. The first kappa shape index (κ1) is 20.0. The summed E-state index contributed by atoms with van der Waals surface area (Å²) in [4.78, 5) is 12.1. The van der Waals surface area contributed by atoms with Crippen molar-refractivity contribution < 1.29 is 4.42 Å². The van der Waals surface area contributed by atoms with Crippen LogP contribution in [-0.2, 0) is 6.42 Å². The molecule has 0 aliphatic carbocycles. The van der Waals surface area contributed by atoms with E-state index in [0.717, 1.165) is 36.6 Å². The molecule has 0 aliphatic heterocycles. The molecule has 138 valence electrons. The molecule has 1 aromatic heterocycles. The number of hydrogen-bond acceptors (Lipinski definition) is 2. The van der Waals surface area contributed by atoms with Crippen LogP contribution < -0.4 is 5.63 Å². The lowest BCUT2D eigenvalue weighted by Gasteiger charge is -2.01. The van der Waals surface area contributed by atoms with Gasteiger partial charge in [-0.1, -0.05) is 47.6 Å². The molecule has 0 atom stereocenters. The van der Waals surface area contributed by atoms with Crippen molar-refractivity contribution in [2.45, 2.75) is 59.8 Å². The highest BCUT2D eigenvalue weighted by atomic mass is 16.4. The monoisotopic (exact) mass is 350 g/mol. The highest BCUT2D eigenvalue weighted by Gasteiger charge is 2.03. The maximum absolute atomic E-state index is 12.1. The molecule has 0 radical (unpaired) electrons. The second-order valence-electron chi connectivity index (χ2n) is 7.22. The molecule has 0 N–H and O–H groups in total. The average molecular weight is 351 g/mol. The normalized spacial score (nSPS) is 12.1. The summed E-state index contributed by atoms with van der Waals surface area (Å²) in [6, 6.07) is 7.89. The molecule has 0 fully saturated rings. The van der Waals surface area contributed by atoms with Gasteiger partial charge in [-0.05, 0) is 77.5 Å². The van der Waals surface area contributed by atoms with Crippen LogP contribution in [0, 0.1) is 6.92 Å². The maximum Gasteiger partial charge on any atom is 0.339 e. The summed E-state index contributed by atoms with van der Waals surface area (Å²) in [5.74, 6) is 0. The van der Waals surface area contributed by atoms with Crippen LogP contribution in [0.1, 0.15) is 57.6 Å². The first-order chi connectivity index (χ1) is 12.5. The van der Waals surface area contributed by atoms with E-state index < -0.39 is 0 Å². The van der Waals surface area contributed by atoms with Gasteiger partial charge in [0.1, 0.15) is 5.58 Å². The predicted molar refractivity (Wildman–Crippen MR) is 112 cm³/mol. The lowest BCUT2D eigenvalue weighted by molar-refractivity contribution is 0.552. The summed E-state index contributed by atoms with van der Waals surface area (Å²) in [6.45, 7) is 8.47. The van der Waals surface area contributed by atoms with Gasteiger partial charge in [0.2, 0.25) is 0 Å². The van der Waals surface area contributed by atoms with E-state index >= 15 is 0 Å². The lowest BCUT2D eigenvalue weighted by Crippen LogP contribution is -2.05. The molecule has 0 unspecified atom stereocenters. The lowest BCUT2D eigenvalue weighted by atomic mass is 10.1. The predicted octanol–water partition coefficient (Wildman–Crippen LogP) is 6.67. The first-order valence-corrected chi connectivity index (χ1v) is 9.43. The number of rotatable bonds is 8. The van der Waals surface area contributed by atoms with E-state index in [1.54, 1.807) is 0 Å². The highest BCUT2D eigenvalue weighted by molar-refractivity contribution is 5.77. The van der Waals surface area contributed by atoms with Crippen molar-refractivity contribution in [3.8, 4) is 0 Å². The first-order valence-electron chi connectivity index (χ1n) is 9.43. The molecule has 0 amide bonds. The molecule has 2 heteroatoms. The fraction of sp³-hybridized carbons (Fsp3) is 0.375. The molecule has 2 nitrogen and oxygen atoms in total. The standard InChI is InChI=1S/C24H30O2/c1-18(2)10-9-12-19(3)11-7-5-6-8-13-22-17-21-15-14-20(4)16-23(21)26-24(22)25/h6,8,10-11,14-17H,5,7,9,12-13H2,1-4H3/b8-6+,19-11-. The zero-order valence-corrected chi connectivity index (χ0v) is 16.5. The molecular formula is C24H30O2. The Morgan fingerprint density at radius 2 is 1.81 bits per heavy atom. The van der Waals surface area contributed by atoms with Gasteiger partial charge < -0.3 is 4.42 Å². The number of unbranched alkanes of at least 4 members (excludes halogenated alkanes) is 1. The summed E-state index contributed by atoms with van der Waals surface area (Å²) in [5.41, 5.74) is 5.07.